The molecule has 1 aromatic heterocycles. The normalized spacial score (nSPS) is 14.0. The molecule has 3 aromatic rings. The predicted molar refractivity (Wildman–Crippen MR) is 115 cm³/mol. The summed E-state index contributed by atoms with van der Waals surface area (Å²) in [5.41, 5.74) is 1.65. The molecule has 0 atom stereocenters. The number of halogens is 2. The smallest absolute Gasteiger partial charge is 0.259 e. The minimum atomic E-state index is -3.84. The average Bonchev–Trinajstić information content (AvgIpc) is 3.35. The van der Waals surface area contributed by atoms with Crippen LogP contribution in [0.2, 0.25) is 10.0 Å². The van der Waals surface area contributed by atoms with E-state index in [2.05, 4.69) is 15.0 Å². The number of carbonyl (C=O) groups is 1. The summed E-state index contributed by atoms with van der Waals surface area (Å²) < 4.78 is 27.6. The van der Waals surface area contributed by atoms with Gasteiger partial charge in [0.2, 0.25) is 10.0 Å². The third-order valence-electron chi connectivity index (χ3n) is 4.25. The first-order valence-corrected chi connectivity index (χ1v) is 11.8. The van der Waals surface area contributed by atoms with Gasteiger partial charge in [-0.3, -0.25) is 10.1 Å². The van der Waals surface area contributed by atoms with Crippen molar-refractivity contribution in [3.8, 4) is 11.3 Å². The highest BCUT2D eigenvalue weighted by atomic mass is 35.5. The number of anilines is 1. The second-order valence-electron chi connectivity index (χ2n) is 6.52. The molecule has 0 aliphatic heterocycles. The van der Waals surface area contributed by atoms with E-state index in [0.29, 0.717) is 5.13 Å². The molecule has 0 bridgehead atoms. The molecule has 1 aliphatic carbocycles. The van der Waals surface area contributed by atoms with Gasteiger partial charge in [0, 0.05) is 17.0 Å². The molecule has 150 valence electrons. The first-order valence-electron chi connectivity index (χ1n) is 8.67. The summed E-state index contributed by atoms with van der Waals surface area (Å²) in [6, 6.07) is 11.9. The van der Waals surface area contributed by atoms with E-state index >= 15 is 0 Å². The van der Waals surface area contributed by atoms with Crippen molar-refractivity contribution in [2.45, 2.75) is 23.8 Å². The molecule has 2 aromatic carbocycles. The van der Waals surface area contributed by atoms with Crippen LogP contribution in [0.4, 0.5) is 5.13 Å². The van der Waals surface area contributed by atoms with Crippen molar-refractivity contribution in [2.75, 3.05) is 5.32 Å². The van der Waals surface area contributed by atoms with Crippen LogP contribution in [0.3, 0.4) is 0 Å². The number of nitrogens with one attached hydrogen (secondary N) is 2. The molecule has 0 spiro atoms. The highest BCUT2D eigenvalue weighted by molar-refractivity contribution is 7.89. The Morgan fingerprint density at radius 1 is 1.10 bits per heavy atom. The summed E-state index contributed by atoms with van der Waals surface area (Å²) in [5, 5.41) is 4.88. The average molecular weight is 468 g/mol. The monoisotopic (exact) mass is 467 g/mol. The van der Waals surface area contributed by atoms with Crippen LogP contribution in [-0.4, -0.2) is 25.4 Å². The van der Waals surface area contributed by atoms with E-state index < -0.39 is 15.9 Å². The molecule has 29 heavy (non-hydrogen) atoms. The van der Waals surface area contributed by atoms with Gasteiger partial charge in [0.25, 0.3) is 5.91 Å². The van der Waals surface area contributed by atoms with Gasteiger partial charge in [0.1, 0.15) is 4.90 Å². The Hall–Kier alpha value is -1.97. The lowest BCUT2D eigenvalue weighted by Gasteiger charge is -2.11. The van der Waals surface area contributed by atoms with Crippen LogP contribution in [-0.2, 0) is 10.0 Å². The number of amides is 1. The Labute approximate surface area is 181 Å². The van der Waals surface area contributed by atoms with E-state index in [0.717, 1.165) is 24.1 Å². The van der Waals surface area contributed by atoms with Crippen molar-refractivity contribution in [1.82, 2.24) is 9.71 Å². The Kier molecular flexibility index (Phi) is 5.63. The fourth-order valence-corrected chi connectivity index (χ4v) is 5.51. The molecule has 10 heteroatoms. The van der Waals surface area contributed by atoms with Crippen molar-refractivity contribution < 1.29 is 13.2 Å². The molecule has 0 radical (unpaired) electrons. The Bertz CT molecular complexity index is 1180. The largest absolute Gasteiger partial charge is 0.298 e. The molecular formula is C19H15Cl2N3O3S2. The molecule has 1 saturated carbocycles. The number of nitrogens with zero attached hydrogens (tertiary/aromatic N) is 1. The zero-order valence-corrected chi connectivity index (χ0v) is 18.0. The fraction of sp³-hybridized carbons (Fsp3) is 0.158. The zero-order valence-electron chi connectivity index (χ0n) is 14.9. The third kappa shape index (κ3) is 4.62. The number of hydrogen-bond donors (Lipinski definition) is 2. The van der Waals surface area contributed by atoms with E-state index in [9.17, 15) is 13.2 Å². The fourth-order valence-electron chi connectivity index (χ4n) is 2.63. The van der Waals surface area contributed by atoms with Gasteiger partial charge in [-0.1, -0.05) is 53.5 Å². The van der Waals surface area contributed by atoms with Gasteiger partial charge in [-0.25, -0.2) is 18.1 Å². The summed E-state index contributed by atoms with van der Waals surface area (Å²) >= 11 is 13.5. The Balaban J connectivity index is 1.59. The van der Waals surface area contributed by atoms with Gasteiger partial charge >= 0.3 is 0 Å². The third-order valence-corrected chi connectivity index (χ3v) is 7.30. The molecule has 6 nitrogen and oxygen atoms in total. The van der Waals surface area contributed by atoms with Crippen molar-refractivity contribution in [2.24, 2.45) is 0 Å². The molecule has 4 rings (SSSR count). The molecule has 1 aliphatic rings. The second-order valence-corrected chi connectivity index (χ2v) is 9.87. The minimum Gasteiger partial charge on any atom is -0.298 e. The van der Waals surface area contributed by atoms with Crippen LogP contribution in [0.25, 0.3) is 11.3 Å². The highest BCUT2D eigenvalue weighted by Crippen LogP contribution is 2.32. The number of hydrogen-bond acceptors (Lipinski definition) is 5. The number of aromatic nitrogens is 1. The van der Waals surface area contributed by atoms with Crippen molar-refractivity contribution in [3.05, 3.63) is 63.5 Å². The van der Waals surface area contributed by atoms with Gasteiger partial charge in [-0.05, 0) is 25.0 Å². The SMILES string of the molecule is O=C(Nc1nc(-c2ccccc2)cs1)c1cc(S(=O)(=O)NC2CC2)c(Cl)cc1Cl. The lowest BCUT2D eigenvalue weighted by atomic mass is 10.2. The van der Waals surface area contributed by atoms with Crippen LogP contribution in [0.1, 0.15) is 23.2 Å². The molecule has 0 saturated heterocycles. The Morgan fingerprint density at radius 2 is 1.83 bits per heavy atom. The number of carbonyl (C=O) groups excluding carboxylic acids is 1. The zero-order chi connectivity index (χ0) is 20.6. The maximum atomic E-state index is 12.7. The first-order chi connectivity index (χ1) is 13.8. The molecular weight excluding hydrogens is 453 g/mol. The summed E-state index contributed by atoms with van der Waals surface area (Å²) in [7, 11) is -3.84. The molecule has 2 N–H and O–H groups in total. The van der Waals surface area contributed by atoms with E-state index in [1.807, 2.05) is 35.7 Å². The highest BCUT2D eigenvalue weighted by Gasteiger charge is 2.30. The lowest BCUT2D eigenvalue weighted by molar-refractivity contribution is 0.102. The maximum Gasteiger partial charge on any atom is 0.259 e. The summed E-state index contributed by atoms with van der Waals surface area (Å²) in [4.78, 5) is 16.9. The Morgan fingerprint density at radius 3 is 2.52 bits per heavy atom. The first kappa shape index (κ1) is 20.3. The standard InChI is InChI=1S/C19H15Cl2N3O3S2/c20-14-9-15(21)17(29(26,27)24-12-6-7-12)8-13(14)18(25)23-19-22-16(10-28-19)11-4-2-1-3-5-11/h1-5,8-10,12,24H,6-7H2,(H,22,23,25). The van der Waals surface area contributed by atoms with Crippen molar-refractivity contribution in [3.63, 3.8) is 0 Å². The van der Waals surface area contributed by atoms with E-state index in [-0.39, 0.29) is 26.5 Å². The van der Waals surface area contributed by atoms with Gasteiger partial charge in [0.15, 0.2) is 5.13 Å². The molecule has 1 heterocycles. The molecule has 1 fully saturated rings. The van der Waals surface area contributed by atoms with Gasteiger partial charge in [0.05, 0.1) is 21.3 Å². The second kappa shape index (κ2) is 8.04. The van der Waals surface area contributed by atoms with E-state index in [1.165, 1.54) is 23.5 Å². The number of rotatable bonds is 6. The van der Waals surface area contributed by atoms with Crippen molar-refractivity contribution >= 4 is 55.6 Å². The van der Waals surface area contributed by atoms with Crippen LogP contribution in [0.5, 0.6) is 0 Å². The molecule has 1 amide bonds. The number of sulfonamides is 1. The number of benzene rings is 2. The number of thiazole rings is 1. The van der Waals surface area contributed by atoms with Crippen LogP contribution in [0, 0.1) is 0 Å². The topological polar surface area (TPSA) is 88.2 Å². The molecule has 0 unspecified atom stereocenters. The minimum absolute atomic E-state index is 0.00343. The predicted octanol–water partition coefficient (Wildman–Crippen LogP) is 4.81. The van der Waals surface area contributed by atoms with Gasteiger partial charge in [-0.2, -0.15) is 0 Å². The lowest BCUT2D eigenvalue weighted by Crippen LogP contribution is -2.26. The van der Waals surface area contributed by atoms with Crippen LogP contribution in [0.15, 0.2) is 52.7 Å². The van der Waals surface area contributed by atoms with E-state index in [1.54, 1.807) is 0 Å². The summed E-state index contributed by atoms with van der Waals surface area (Å²) in [5.74, 6) is -0.566. The van der Waals surface area contributed by atoms with E-state index in [4.69, 9.17) is 23.2 Å². The van der Waals surface area contributed by atoms with Crippen LogP contribution >= 0.6 is 34.5 Å². The quantitative estimate of drug-likeness (QED) is 0.544. The maximum absolute atomic E-state index is 12.7. The van der Waals surface area contributed by atoms with Crippen molar-refractivity contribution in [1.29, 1.82) is 0 Å². The summed E-state index contributed by atoms with van der Waals surface area (Å²) in [6.45, 7) is 0. The summed E-state index contributed by atoms with van der Waals surface area (Å²) in [6.07, 6.45) is 1.57. The van der Waals surface area contributed by atoms with Gasteiger partial charge in [-0.15, -0.1) is 11.3 Å². The van der Waals surface area contributed by atoms with Crippen LogP contribution < -0.4 is 10.0 Å². The van der Waals surface area contributed by atoms with Gasteiger partial charge < -0.3 is 0 Å².